The molecule has 25 heavy (non-hydrogen) atoms. The fourth-order valence-corrected chi connectivity index (χ4v) is 2.32. The van der Waals surface area contributed by atoms with Crippen LogP contribution in [0.15, 0.2) is 22.7 Å². The highest BCUT2D eigenvalue weighted by atomic mass is 16.6. The predicted molar refractivity (Wildman–Crippen MR) is 85.8 cm³/mol. The fraction of sp³-hybridized carbons (Fsp3) is 0.312. The molecule has 0 radical (unpaired) electrons. The number of rotatable bonds is 6. The highest BCUT2D eigenvalue weighted by Gasteiger charge is 2.24. The first-order chi connectivity index (χ1) is 11.8. The van der Waals surface area contributed by atoms with E-state index in [0.29, 0.717) is 17.0 Å². The van der Waals surface area contributed by atoms with Gasteiger partial charge in [-0.1, -0.05) is 11.2 Å². The van der Waals surface area contributed by atoms with E-state index in [1.807, 2.05) is 0 Å². The quantitative estimate of drug-likeness (QED) is 0.607. The Morgan fingerprint density at radius 1 is 1.36 bits per heavy atom. The van der Waals surface area contributed by atoms with Gasteiger partial charge in [0.05, 0.1) is 23.6 Å². The van der Waals surface area contributed by atoms with Crippen LogP contribution in [0.2, 0.25) is 0 Å². The molecule has 0 spiro atoms. The second-order valence-corrected chi connectivity index (χ2v) is 5.26. The number of hydrogen-bond acceptors (Lipinski definition) is 6. The normalized spacial score (nSPS) is 10.4. The molecule has 2 rings (SSSR count). The molecule has 9 nitrogen and oxygen atoms in total. The first kappa shape index (κ1) is 18.1. The van der Waals surface area contributed by atoms with Gasteiger partial charge in [-0.05, 0) is 32.4 Å². The topological polar surface area (TPSA) is 122 Å². The van der Waals surface area contributed by atoms with Crippen molar-refractivity contribution in [1.82, 2.24) is 5.16 Å². The zero-order chi connectivity index (χ0) is 18.6. The van der Waals surface area contributed by atoms with Crippen molar-refractivity contribution in [2.24, 2.45) is 0 Å². The van der Waals surface area contributed by atoms with Crippen LogP contribution in [0.5, 0.6) is 0 Å². The Balaban J connectivity index is 2.27. The number of esters is 1. The molecular formula is C16H18N3O6+. The molecule has 0 fully saturated rings. The van der Waals surface area contributed by atoms with Gasteiger partial charge in [0.25, 0.3) is 10.8 Å². The predicted octanol–water partition coefficient (Wildman–Crippen LogP) is 2.45. The number of anilines is 1. The maximum absolute atomic E-state index is 12.4. The van der Waals surface area contributed by atoms with Gasteiger partial charge in [-0.2, -0.15) is 0 Å². The molecule has 0 saturated heterocycles. The maximum Gasteiger partial charge on any atom is 0.340 e. The molecule has 132 valence electrons. The highest BCUT2D eigenvalue weighted by Crippen LogP contribution is 2.27. The smallest absolute Gasteiger partial charge is 0.340 e. The highest BCUT2D eigenvalue weighted by molar-refractivity contribution is 6.06. The Bertz CT molecular complexity index is 808. The van der Waals surface area contributed by atoms with Crippen molar-refractivity contribution in [3.05, 3.63) is 45.7 Å². The van der Waals surface area contributed by atoms with Gasteiger partial charge in [-0.25, -0.2) is 5.21 Å². The summed E-state index contributed by atoms with van der Waals surface area (Å²) in [6, 6.07) is 4.26. The molecule has 9 heteroatoms. The Morgan fingerprint density at radius 2 is 2.08 bits per heavy atom. The number of carbonyl (C=O) groups excluding carboxylic acids is 2. The molecule has 1 aromatic carbocycles. The third-order valence-electron chi connectivity index (χ3n) is 3.43. The summed E-state index contributed by atoms with van der Waals surface area (Å²) >= 11 is 0. The van der Waals surface area contributed by atoms with E-state index in [2.05, 4.69) is 10.5 Å². The average molecular weight is 348 g/mol. The SMILES string of the molecule is CCOC(=O)Cc1ccc(NC(=O)c2c(C)noc2C)c([N+](=O)O)c1. The molecule has 0 unspecified atom stereocenters. The van der Waals surface area contributed by atoms with Crippen LogP contribution < -0.4 is 5.32 Å². The molecular weight excluding hydrogens is 330 g/mol. The Hall–Kier alpha value is -3.23. The third kappa shape index (κ3) is 4.19. The third-order valence-corrected chi connectivity index (χ3v) is 3.43. The number of aromatic nitrogens is 1. The second-order valence-electron chi connectivity index (χ2n) is 5.26. The Kier molecular flexibility index (Phi) is 5.48. The summed E-state index contributed by atoms with van der Waals surface area (Å²) in [5.74, 6) is -0.660. The van der Waals surface area contributed by atoms with Crippen LogP contribution in [-0.4, -0.2) is 33.8 Å². The van der Waals surface area contributed by atoms with Crippen molar-refractivity contribution in [3.63, 3.8) is 0 Å². The first-order valence-electron chi connectivity index (χ1n) is 7.52. The summed E-state index contributed by atoms with van der Waals surface area (Å²) in [6.45, 7) is 5.12. The van der Waals surface area contributed by atoms with E-state index in [-0.39, 0.29) is 34.9 Å². The Labute approximate surface area is 143 Å². The minimum Gasteiger partial charge on any atom is -0.466 e. The number of benzene rings is 1. The minimum absolute atomic E-state index is 0.0627. The molecule has 2 N–H and O–H groups in total. The van der Waals surface area contributed by atoms with Gasteiger partial charge in [0, 0.05) is 6.07 Å². The summed E-state index contributed by atoms with van der Waals surface area (Å²) in [5, 5.41) is 15.5. The number of ether oxygens (including phenoxy) is 1. The molecule has 0 aliphatic heterocycles. The second kappa shape index (κ2) is 7.56. The number of hydrogen-bond donors (Lipinski definition) is 2. The van der Waals surface area contributed by atoms with E-state index in [4.69, 9.17) is 9.26 Å². The summed E-state index contributed by atoms with van der Waals surface area (Å²) in [5.41, 5.74) is 0.978. The lowest BCUT2D eigenvalue weighted by molar-refractivity contribution is -0.729. The van der Waals surface area contributed by atoms with E-state index in [0.717, 1.165) is 0 Å². The molecule has 0 aliphatic rings. The molecule has 0 bridgehead atoms. The van der Waals surface area contributed by atoms with Crippen LogP contribution in [0.3, 0.4) is 0 Å². The molecule has 0 atom stereocenters. The van der Waals surface area contributed by atoms with Crippen molar-refractivity contribution in [2.75, 3.05) is 11.9 Å². The van der Waals surface area contributed by atoms with Gasteiger partial charge >= 0.3 is 11.7 Å². The van der Waals surface area contributed by atoms with Crippen molar-refractivity contribution in [1.29, 1.82) is 0 Å². The van der Waals surface area contributed by atoms with E-state index < -0.39 is 11.9 Å². The van der Waals surface area contributed by atoms with Crippen molar-refractivity contribution in [3.8, 4) is 0 Å². The van der Waals surface area contributed by atoms with E-state index in [1.165, 1.54) is 12.1 Å². The summed E-state index contributed by atoms with van der Waals surface area (Å²) < 4.78 is 9.77. The lowest BCUT2D eigenvalue weighted by Crippen LogP contribution is -2.15. The zero-order valence-corrected chi connectivity index (χ0v) is 14.0. The van der Waals surface area contributed by atoms with Gasteiger partial charge in [-0.3, -0.25) is 9.59 Å². The van der Waals surface area contributed by atoms with Crippen molar-refractivity contribution >= 4 is 23.3 Å². The minimum atomic E-state index is -0.530. The zero-order valence-electron chi connectivity index (χ0n) is 14.0. The number of amides is 1. The summed E-state index contributed by atoms with van der Waals surface area (Å²) in [4.78, 5) is 34.9. The van der Waals surface area contributed by atoms with Crippen LogP contribution in [0.4, 0.5) is 11.4 Å². The monoisotopic (exact) mass is 348 g/mol. The Morgan fingerprint density at radius 3 is 2.64 bits per heavy atom. The van der Waals surface area contributed by atoms with Crippen LogP contribution in [0, 0.1) is 18.8 Å². The van der Waals surface area contributed by atoms with Gasteiger partial charge in [-0.15, -0.1) is 0 Å². The van der Waals surface area contributed by atoms with E-state index in [9.17, 15) is 19.7 Å². The lowest BCUT2D eigenvalue weighted by atomic mass is 10.1. The van der Waals surface area contributed by atoms with Crippen LogP contribution in [0.25, 0.3) is 0 Å². The van der Waals surface area contributed by atoms with E-state index >= 15 is 0 Å². The standard InChI is InChI=1S/C16H17N3O6/c1-4-24-14(20)8-11-5-6-12(13(7-11)19(22)23)17-16(21)15-9(2)18-25-10(15)3/h5-7H,4,8H2,1-3H3,(H-,17,21,22,23)/p+1. The molecule has 0 saturated carbocycles. The molecule has 0 aliphatic carbocycles. The number of carbonyl (C=O) groups is 2. The van der Waals surface area contributed by atoms with Crippen molar-refractivity contribution < 1.29 is 29.0 Å². The summed E-state index contributed by atoms with van der Waals surface area (Å²) in [7, 11) is 0. The number of aryl methyl sites for hydroxylation is 2. The molecule has 1 heterocycles. The van der Waals surface area contributed by atoms with E-state index in [1.54, 1.807) is 26.8 Å². The van der Waals surface area contributed by atoms with Gasteiger partial charge in [0.1, 0.15) is 17.0 Å². The van der Waals surface area contributed by atoms with Gasteiger partial charge in [0.15, 0.2) is 0 Å². The number of nitrogens with one attached hydrogen (secondary N) is 1. The van der Waals surface area contributed by atoms with Gasteiger partial charge < -0.3 is 14.6 Å². The number of nitrogens with zero attached hydrogens (tertiary/aromatic N) is 2. The average Bonchev–Trinajstić information content (AvgIpc) is 2.87. The van der Waals surface area contributed by atoms with Crippen LogP contribution in [0.1, 0.15) is 34.3 Å². The molecule has 1 aromatic heterocycles. The molecule has 2 aromatic rings. The van der Waals surface area contributed by atoms with Gasteiger partial charge in [0.2, 0.25) is 0 Å². The van der Waals surface area contributed by atoms with Crippen LogP contribution in [-0.2, 0) is 16.0 Å². The van der Waals surface area contributed by atoms with Crippen LogP contribution >= 0.6 is 0 Å². The van der Waals surface area contributed by atoms with Crippen molar-refractivity contribution in [2.45, 2.75) is 27.2 Å². The first-order valence-corrected chi connectivity index (χ1v) is 7.52. The summed E-state index contributed by atoms with van der Waals surface area (Å²) in [6.07, 6.45) is -0.0627. The molecule has 1 amide bonds. The largest absolute Gasteiger partial charge is 0.466 e. The fourth-order valence-electron chi connectivity index (χ4n) is 2.32. The maximum atomic E-state index is 12.4. The lowest BCUT2D eigenvalue weighted by Gasteiger charge is -2.06.